The maximum atomic E-state index is 13.2. The second-order valence-electron chi connectivity index (χ2n) is 4.85. The Hall–Kier alpha value is -1.98. The second-order valence-corrected chi connectivity index (χ2v) is 4.85. The average Bonchev–Trinajstić information content (AvgIpc) is 2.44. The van der Waals surface area contributed by atoms with Crippen LogP contribution in [0.4, 0.5) is 8.78 Å². The molecule has 1 rings (SSSR count). The first kappa shape index (κ1) is 18.1. The molecule has 0 N–H and O–H groups in total. The molecule has 0 aliphatic rings. The minimum Gasteiger partial charge on any atom is -0.465 e. The maximum Gasteiger partial charge on any atom is 0.320 e. The predicted octanol–water partition coefficient (Wildman–Crippen LogP) is 3.08. The van der Waals surface area contributed by atoms with Gasteiger partial charge in [-0.1, -0.05) is 24.3 Å². The first-order chi connectivity index (χ1) is 10.3. The number of halogens is 2. The van der Waals surface area contributed by atoms with Crippen molar-refractivity contribution in [2.24, 2.45) is 5.92 Å². The Balaban J connectivity index is 2.89. The van der Waals surface area contributed by atoms with Crippen molar-refractivity contribution in [3.8, 4) is 0 Å². The second kappa shape index (κ2) is 7.87. The van der Waals surface area contributed by atoms with Gasteiger partial charge in [0.05, 0.1) is 13.2 Å². The molecule has 22 heavy (non-hydrogen) atoms. The van der Waals surface area contributed by atoms with Gasteiger partial charge < -0.3 is 9.47 Å². The third kappa shape index (κ3) is 5.09. The molecule has 0 spiro atoms. The Morgan fingerprint density at radius 1 is 1.05 bits per heavy atom. The first-order valence-electron chi connectivity index (χ1n) is 7.10. The highest BCUT2D eigenvalue weighted by atomic mass is 19.3. The van der Waals surface area contributed by atoms with Gasteiger partial charge in [0.25, 0.3) is 5.92 Å². The number of esters is 2. The van der Waals surface area contributed by atoms with E-state index in [2.05, 4.69) is 0 Å². The van der Waals surface area contributed by atoms with Gasteiger partial charge in [-0.2, -0.15) is 0 Å². The zero-order chi connectivity index (χ0) is 16.8. The van der Waals surface area contributed by atoms with Crippen molar-refractivity contribution in [1.82, 2.24) is 0 Å². The lowest BCUT2D eigenvalue weighted by atomic mass is 9.97. The number of hydrogen-bond donors (Lipinski definition) is 0. The zero-order valence-electron chi connectivity index (χ0n) is 12.9. The summed E-state index contributed by atoms with van der Waals surface area (Å²) < 4.78 is 36.0. The molecule has 0 amide bonds. The smallest absolute Gasteiger partial charge is 0.320 e. The molecule has 0 aliphatic carbocycles. The summed E-state index contributed by atoms with van der Waals surface area (Å²) in [5, 5.41) is 0. The molecule has 1 aromatic rings. The van der Waals surface area contributed by atoms with Crippen LogP contribution >= 0.6 is 0 Å². The van der Waals surface area contributed by atoms with Crippen molar-refractivity contribution in [2.45, 2.75) is 33.1 Å². The summed E-state index contributed by atoms with van der Waals surface area (Å²) in [6, 6.07) is 5.50. The third-order valence-electron chi connectivity index (χ3n) is 3.04. The predicted molar refractivity (Wildman–Crippen MR) is 76.5 cm³/mol. The van der Waals surface area contributed by atoms with E-state index in [-0.39, 0.29) is 25.2 Å². The van der Waals surface area contributed by atoms with Gasteiger partial charge in [-0.05, 0) is 25.8 Å². The van der Waals surface area contributed by atoms with E-state index in [1.807, 2.05) is 0 Å². The van der Waals surface area contributed by atoms with E-state index in [0.29, 0.717) is 5.56 Å². The molecule has 0 heterocycles. The zero-order valence-corrected chi connectivity index (χ0v) is 12.9. The van der Waals surface area contributed by atoms with Crippen LogP contribution in [0.3, 0.4) is 0 Å². The largest absolute Gasteiger partial charge is 0.465 e. The number of benzene rings is 1. The molecule has 0 fully saturated rings. The molecule has 4 nitrogen and oxygen atoms in total. The molecule has 0 aliphatic heterocycles. The minimum atomic E-state index is -2.93. The monoisotopic (exact) mass is 314 g/mol. The fourth-order valence-electron chi connectivity index (χ4n) is 1.92. The van der Waals surface area contributed by atoms with Gasteiger partial charge >= 0.3 is 11.9 Å². The van der Waals surface area contributed by atoms with E-state index in [4.69, 9.17) is 9.47 Å². The topological polar surface area (TPSA) is 52.6 Å². The van der Waals surface area contributed by atoms with E-state index in [1.165, 1.54) is 24.3 Å². The fourth-order valence-corrected chi connectivity index (χ4v) is 1.92. The van der Waals surface area contributed by atoms with Crippen molar-refractivity contribution >= 4 is 11.9 Å². The normalized spacial score (nSPS) is 11.4. The molecule has 0 radical (unpaired) electrons. The molecule has 0 aromatic heterocycles. The number of alkyl halides is 2. The van der Waals surface area contributed by atoms with Crippen molar-refractivity contribution in [1.29, 1.82) is 0 Å². The van der Waals surface area contributed by atoms with E-state index in [1.54, 1.807) is 13.8 Å². The molecule has 0 saturated heterocycles. The number of carbonyl (C=O) groups excluding carboxylic acids is 2. The Bertz CT molecular complexity index is 488. The molecule has 0 unspecified atom stereocenters. The van der Waals surface area contributed by atoms with E-state index in [9.17, 15) is 18.4 Å². The van der Waals surface area contributed by atoms with Crippen molar-refractivity contribution in [3.05, 3.63) is 35.4 Å². The first-order valence-corrected chi connectivity index (χ1v) is 7.10. The molecule has 6 heteroatoms. The van der Waals surface area contributed by atoms with Crippen LogP contribution in [0.15, 0.2) is 24.3 Å². The van der Waals surface area contributed by atoms with Crippen LogP contribution in [0.2, 0.25) is 0 Å². The van der Waals surface area contributed by atoms with Crippen LogP contribution in [-0.4, -0.2) is 25.2 Å². The van der Waals surface area contributed by atoms with Gasteiger partial charge in [0.2, 0.25) is 0 Å². The number of carbonyl (C=O) groups is 2. The summed E-state index contributed by atoms with van der Waals surface area (Å²) >= 11 is 0. The Labute approximate surface area is 128 Å². The summed E-state index contributed by atoms with van der Waals surface area (Å²) in [5.74, 6) is -5.37. The summed E-state index contributed by atoms with van der Waals surface area (Å²) in [7, 11) is 0. The van der Waals surface area contributed by atoms with Crippen LogP contribution < -0.4 is 0 Å². The van der Waals surface area contributed by atoms with E-state index >= 15 is 0 Å². The van der Waals surface area contributed by atoms with E-state index < -0.39 is 23.8 Å². The minimum absolute atomic E-state index is 0.0488. The summed E-state index contributed by atoms with van der Waals surface area (Å²) in [4.78, 5) is 23.7. The highest BCUT2D eigenvalue weighted by Crippen LogP contribution is 2.27. The number of hydrogen-bond acceptors (Lipinski definition) is 4. The van der Waals surface area contributed by atoms with Gasteiger partial charge in [-0.25, -0.2) is 8.78 Å². The third-order valence-corrected chi connectivity index (χ3v) is 3.04. The SMILES string of the molecule is CCOC(=O)C(Cc1ccc(C(C)(F)F)cc1)C(=O)OCC. The molecular formula is C16H20F2O4. The standard InChI is InChI=1S/C16H20F2O4/c1-4-21-14(19)13(15(20)22-5-2)10-11-6-8-12(9-7-11)16(3,17)18/h6-9,13H,4-5,10H2,1-3H3. The fraction of sp³-hybridized carbons (Fsp3) is 0.500. The quantitative estimate of drug-likeness (QED) is 0.573. The summed E-state index contributed by atoms with van der Waals surface area (Å²) in [5.41, 5.74) is 0.458. The van der Waals surface area contributed by atoms with Gasteiger partial charge in [0.15, 0.2) is 5.92 Å². The van der Waals surface area contributed by atoms with Gasteiger partial charge in [0.1, 0.15) is 0 Å². The van der Waals surface area contributed by atoms with Crippen LogP contribution in [0.5, 0.6) is 0 Å². The Morgan fingerprint density at radius 2 is 1.50 bits per heavy atom. The summed E-state index contributed by atoms with van der Waals surface area (Å²) in [6.45, 7) is 4.38. The molecule has 0 saturated carbocycles. The lowest BCUT2D eigenvalue weighted by Crippen LogP contribution is -2.30. The van der Waals surface area contributed by atoms with Crippen LogP contribution in [0, 0.1) is 5.92 Å². The van der Waals surface area contributed by atoms with Gasteiger partial charge in [0, 0.05) is 12.5 Å². The lowest BCUT2D eigenvalue weighted by Gasteiger charge is -2.15. The Morgan fingerprint density at radius 3 is 1.86 bits per heavy atom. The lowest BCUT2D eigenvalue weighted by molar-refractivity contribution is -0.161. The van der Waals surface area contributed by atoms with Crippen LogP contribution in [0.1, 0.15) is 31.9 Å². The molecule has 122 valence electrons. The number of rotatable bonds is 7. The molecule has 0 atom stereocenters. The van der Waals surface area contributed by atoms with Crippen LogP contribution in [-0.2, 0) is 31.4 Å². The van der Waals surface area contributed by atoms with E-state index in [0.717, 1.165) is 6.92 Å². The van der Waals surface area contributed by atoms with Crippen LogP contribution in [0.25, 0.3) is 0 Å². The Kier molecular flexibility index (Phi) is 6.46. The molecular weight excluding hydrogens is 294 g/mol. The average molecular weight is 314 g/mol. The highest BCUT2D eigenvalue weighted by Gasteiger charge is 2.30. The highest BCUT2D eigenvalue weighted by molar-refractivity contribution is 5.95. The molecule has 0 bridgehead atoms. The summed E-state index contributed by atoms with van der Waals surface area (Å²) in [6.07, 6.45) is 0.0488. The van der Waals surface area contributed by atoms with Gasteiger partial charge in [-0.15, -0.1) is 0 Å². The maximum absolute atomic E-state index is 13.2. The number of ether oxygens (including phenoxy) is 2. The molecule has 1 aromatic carbocycles. The van der Waals surface area contributed by atoms with Crippen molar-refractivity contribution in [2.75, 3.05) is 13.2 Å². The van der Waals surface area contributed by atoms with Crippen molar-refractivity contribution in [3.63, 3.8) is 0 Å². The van der Waals surface area contributed by atoms with Gasteiger partial charge in [-0.3, -0.25) is 9.59 Å². The van der Waals surface area contributed by atoms with Crippen molar-refractivity contribution < 1.29 is 27.8 Å².